The van der Waals surface area contributed by atoms with Crippen LogP contribution in [0.25, 0.3) is 0 Å². The van der Waals surface area contributed by atoms with Crippen molar-refractivity contribution in [1.82, 2.24) is 4.72 Å². The largest absolute Gasteiger partial charge is 0.396 e. The van der Waals surface area contributed by atoms with Crippen LogP contribution in [0.5, 0.6) is 0 Å². The fraction of sp³-hybridized carbons (Fsp3) is 0.571. The summed E-state index contributed by atoms with van der Waals surface area (Å²) in [6, 6.07) is 1.96. The van der Waals surface area contributed by atoms with Gasteiger partial charge in [0.15, 0.2) is 0 Å². The van der Waals surface area contributed by atoms with E-state index < -0.39 is 15.8 Å². The first-order chi connectivity index (χ1) is 9.41. The van der Waals surface area contributed by atoms with Gasteiger partial charge in [-0.15, -0.1) is 0 Å². The number of halogens is 2. The zero-order valence-corrected chi connectivity index (χ0v) is 14.1. The minimum atomic E-state index is -3.81. The maximum absolute atomic E-state index is 13.3. The van der Waals surface area contributed by atoms with Crippen molar-refractivity contribution in [1.29, 1.82) is 0 Å². The molecule has 0 radical (unpaired) electrons. The van der Waals surface area contributed by atoms with E-state index in [1.54, 1.807) is 0 Å². The van der Waals surface area contributed by atoms with Gasteiger partial charge >= 0.3 is 0 Å². The summed E-state index contributed by atoms with van der Waals surface area (Å²) in [5.74, 6) is -0.500. The van der Waals surface area contributed by atoms with Crippen LogP contribution in [-0.4, -0.2) is 15.0 Å². The van der Waals surface area contributed by atoms with Gasteiger partial charge in [0.2, 0.25) is 10.0 Å². The molecule has 0 bridgehead atoms. The van der Waals surface area contributed by atoms with Gasteiger partial charge < -0.3 is 5.73 Å². The third kappa shape index (κ3) is 2.64. The van der Waals surface area contributed by atoms with E-state index in [0.717, 1.165) is 12.1 Å². The summed E-state index contributed by atoms with van der Waals surface area (Å²) < 4.78 is 40.4. The van der Waals surface area contributed by atoms with Crippen molar-refractivity contribution >= 4 is 27.3 Å². The van der Waals surface area contributed by atoms with E-state index in [1.165, 1.54) is 0 Å². The average molecular weight is 335 g/mol. The average Bonchev–Trinajstić information content (AvgIpc) is 2.71. The summed E-state index contributed by atoms with van der Waals surface area (Å²) in [6.45, 7) is 8.74. The fourth-order valence-corrected chi connectivity index (χ4v) is 4.46. The highest BCUT2D eigenvalue weighted by Gasteiger charge is 2.64. The lowest BCUT2D eigenvalue weighted by Gasteiger charge is -2.10. The van der Waals surface area contributed by atoms with Crippen LogP contribution in [0.15, 0.2) is 17.0 Å². The van der Waals surface area contributed by atoms with Crippen molar-refractivity contribution in [2.75, 3.05) is 12.3 Å². The lowest BCUT2D eigenvalue weighted by Crippen LogP contribution is -2.27. The molecule has 1 saturated carbocycles. The van der Waals surface area contributed by atoms with Crippen molar-refractivity contribution in [3.05, 3.63) is 23.0 Å². The second-order valence-electron chi connectivity index (χ2n) is 6.65. The molecule has 21 heavy (non-hydrogen) atoms. The molecule has 1 aliphatic carbocycles. The topological polar surface area (TPSA) is 72.2 Å². The summed E-state index contributed by atoms with van der Waals surface area (Å²) in [6.07, 6.45) is 0. The van der Waals surface area contributed by atoms with E-state index in [0.29, 0.717) is 6.54 Å². The third-order valence-electron chi connectivity index (χ3n) is 5.14. The number of nitrogens with two attached hydrogens (primary N) is 1. The number of benzene rings is 1. The Morgan fingerprint density at radius 3 is 2.29 bits per heavy atom. The van der Waals surface area contributed by atoms with Crippen molar-refractivity contribution in [2.24, 2.45) is 16.7 Å². The van der Waals surface area contributed by atoms with Gasteiger partial charge in [0.05, 0.1) is 10.7 Å². The van der Waals surface area contributed by atoms with Gasteiger partial charge in [-0.25, -0.2) is 17.5 Å². The van der Waals surface area contributed by atoms with Crippen LogP contribution in [0.2, 0.25) is 5.02 Å². The van der Waals surface area contributed by atoms with Crippen LogP contribution in [0.1, 0.15) is 27.7 Å². The second-order valence-corrected chi connectivity index (χ2v) is 8.79. The number of rotatable bonds is 4. The molecule has 2 rings (SSSR count). The summed E-state index contributed by atoms with van der Waals surface area (Å²) in [5, 5.41) is -0.177. The van der Waals surface area contributed by atoms with E-state index in [1.807, 2.05) is 0 Å². The Kier molecular flexibility index (Phi) is 3.80. The van der Waals surface area contributed by atoms with Gasteiger partial charge in [0.1, 0.15) is 10.7 Å². The quantitative estimate of drug-likeness (QED) is 0.831. The van der Waals surface area contributed by atoms with E-state index >= 15 is 0 Å². The summed E-state index contributed by atoms with van der Waals surface area (Å²) in [4.78, 5) is -0.195. The summed E-state index contributed by atoms with van der Waals surface area (Å²) >= 11 is 5.81. The van der Waals surface area contributed by atoms with Crippen LogP contribution < -0.4 is 10.5 Å². The minimum Gasteiger partial charge on any atom is -0.396 e. The molecular weight excluding hydrogens is 315 g/mol. The first-order valence-electron chi connectivity index (χ1n) is 6.65. The number of anilines is 1. The molecule has 0 amide bonds. The van der Waals surface area contributed by atoms with Crippen LogP contribution >= 0.6 is 11.6 Å². The Balaban J connectivity index is 2.19. The molecule has 0 atom stereocenters. The van der Waals surface area contributed by atoms with Gasteiger partial charge in [-0.1, -0.05) is 39.3 Å². The molecule has 0 spiro atoms. The predicted molar refractivity (Wildman–Crippen MR) is 82.1 cm³/mol. The number of hydrogen-bond acceptors (Lipinski definition) is 3. The van der Waals surface area contributed by atoms with Crippen LogP contribution in [0.4, 0.5) is 10.1 Å². The van der Waals surface area contributed by atoms with Crippen LogP contribution in [-0.2, 0) is 10.0 Å². The zero-order chi connectivity index (χ0) is 16.2. The van der Waals surface area contributed by atoms with E-state index in [4.69, 9.17) is 17.3 Å². The van der Waals surface area contributed by atoms with Gasteiger partial charge in [-0.2, -0.15) is 0 Å². The molecule has 1 aromatic rings. The van der Waals surface area contributed by atoms with Crippen LogP contribution in [0.3, 0.4) is 0 Å². The zero-order valence-electron chi connectivity index (χ0n) is 12.5. The smallest absolute Gasteiger partial charge is 0.242 e. The molecule has 7 heteroatoms. The van der Waals surface area contributed by atoms with Crippen molar-refractivity contribution in [3.8, 4) is 0 Å². The Morgan fingerprint density at radius 1 is 1.29 bits per heavy atom. The molecule has 0 heterocycles. The SMILES string of the molecule is CC1(C)C(CNS(=O)(=O)c2cc(N)c(F)cc2Cl)C1(C)C. The molecular formula is C14H20ClFN2O2S. The standard InChI is InChI=1S/C14H20ClFN2O2S/c1-13(2)12(14(13,3)4)7-18-21(19,20)11-6-10(17)9(16)5-8(11)15/h5-6,12,18H,7,17H2,1-4H3. The summed E-state index contributed by atoms with van der Waals surface area (Å²) in [5.41, 5.74) is 5.31. The first-order valence-corrected chi connectivity index (χ1v) is 8.51. The number of nitrogens with one attached hydrogen (secondary N) is 1. The highest BCUT2D eigenvalue weighted by Crippen LogP contribution is 2.68. The predicted octanol–water partition coefficient (Wildman–Crippen LogP) is 3.02. The fourth-order valence-electron chi connectivity index (χ4n) is 2.87. The van der Waals surface area contributed by atoms with Gasteiger partial charge in [0, 0.05) is 6.54 Å². The van der Waals surface area contributed by atoms with Gasteiger partial charge in [-0.05, 0) is 28.9 Å². The lowest BCUT2D eigenvalue weighted by molar-refractivity contribution is 0.457. The molecule has 0 aliphatic heterocycles. The Morgan fingerprint density at radius 2 is 1.81 bits per heavy atom. The molecule has 3 N–H and O–H groups in total. The van der Waals surface area contributed by atoms with Crippen molar-refractivity contribution in [2.45, 2.75) is 32.6 Å². The van der Waals surface area contributed by atoms with Gasteiger partial charge in [-0.3, -0.25) is 0 Å². The molecule has 0 aromatic heterocycles. The number of sulfonamides is 1. The molecule has 1 aliphatic rings. The van der Waals surface area contributed by atoms with Crippen molar-refractivity contribution < 1.29 is 12.8 Å². The molecule has 118 valence electrons. The normalized spacial score (nSPS) is 20.5. The molecule has 0 unspecified atom stereocenters. The molecule has 4 nitrogen and oxygen atoms in total. The van der Waals surface area contributed by atoms with Gasteiger partial charge in [0.25, 0.3) is 0 Å². The van der Waals surface area contributed by atoms with Crippen LogP contribution in [0, 0.1) is 22.6 Å². The third-order valence-corrected chi connectivity index (χ3v) is 7.03. The van der Waals surface area contributed by atoms with E-state index in [-0.39, 0.29) is 32.4 Å². The second kappa shape index (κ2) is 4.83. The van der Waals surface area contributed by atoms with E-state index in [2.05, 4.69) is 32.4 Å². The maximum atomic E-state index is 13.3. The molecule has 1 aromatic carbocycles. The van der Waals surface area contributed by atoms with E-state index in [9.17, 15) is 12.8 Å². The first kappa shape index (κ1) is 16.5. The van der Waals surface area contributed by atoms with Crippen molar-refractivity contribution in [3.63, 3.8) is 0 Å². The minimum absolute atomic E-state index is 0.0706. The number of nitrogen functional groups attached to an aromatic ring is 1. The summed E-state index contributed by atoms with van der Waals surface area (Å²) in [7, 11) is -3.81. The molecule has 0 saturated heterocycles. The Hall–Kier alpha value is -0.850. The monoisotopic (exact) mass is 334 g/mol. The highest BCUT2D eigenvalue weighted by atomic mass is 35.5. The number of hydrogen-bond donors (Lipinski definition) is 2. The Bertz CT molecular complexity index is 672. The lowest BCUT2D eigenvalue weighted by atomic mass is 10.0. The molecule has 1 fully saturated rings. The highest BCUT2D eigenvalue weighted by molar-refractivity contribution is 7.89. The maximum Gasteiger partial charge on any atom is 0.242 e. The Labute approximate surface area is 129 Å².